The second-order valence-electron chi connectivity index (χ2n) is 8.85. The highest BCUT2D eigenvalue weighted by Crippen LogP contribution is 2.34. The molecule has 1 N–H and O–H groups in total. The van der Waals surface area contributed by atoms with E-state index in [4.69, 9.17) is 4.74 Å². The minimum absolute atomic E-state index is 0.0838. The van der Waals surface area contributed by atoms with E-state index in [1.165, 1.54) is 38.1 Å². The molecule has 1 heterocycles. The van der Waals surface area contributed by atoms with Crippen molar-refractivity contribution in [3.8, 4) is 5.88 Å². The zero-order valence-corrected chi connectivity index (χ0v) is 21.3. The van der Waals surface area contributed by atoms with Crippen molar-refractivity contribution >= 4 is 21.8 Å². The fraction of sp³-hybridized carbons (Fsp3) is 0.308. The molecule has 0 aliphatic carbocycles. The van der Waals surface area contributed by atoms with Crippen molar-refractivity contribution in [2.45, 2.75) is 44.4 Å². The highest BCUT2D eigenvalue weighted by Gasteiger charge is 2.34. The SMILES string of the molecule is CC(c1ccc(F)cc1)C(CNC(=O)C(C)(C)Oc1ccc(C(F)(F)F)cn1)c1cc(F)cc(Br)c1. The van der Waals surface area contributed by atoms with Gasteiger partial charge in [-0.2, -0.15) is 13.2 Å². The number of rotatable bonds is 8. The van der Waals surface area contributed by atoms with E-state index in [-0.39, 0.29) is 24.2 Å². The average Bonchev–Trinajstić information content (AvgIpc) is 2.78. The van der Waals surface area contributed by atoms with E-state index in [2.05, 4.69) is 26.2 Å². The maximum Gasteiger partial charge on any atom is 0.417 e. The standard InChI is InChI=1S/C26H24BrF5N2O2/c1-15(16-4-7-20(28)8-5-16)22(17-10-19(27)12-21(29)11-17)14-34-24(35)25(2,3)36-23-9-6-18(13-33-23)26(30,31)32/h4-13,15,22H,14H2,1-3H3,(H,34,35). The first kappa shape index (κ1) is 27.6. The number of nitrogens with one attached hydrogen (secondary N) is 1. The van der Waals surface area contributed by atoms with Gasteiger partial charge in [-0.3, -0.25) is 4.79 Å². The fourth-order valence-electron chi connectivity index (χ4n) is 3.70. The van der Waals surface area contributed by atoms with Gasteiger partial charge < -0.3 is 10.1 Å². The van der Waals surface area contributed by atoms with Crippen molar-refractivity contribution in [1.29, 1.82) is 0 Å². The van der Waals surface area contributed by atoms with Crippen molar-refractivity contribution in [1.82, 2.24) is 10.3 Å². The Hall–Kier alpha value is -3.01. The molecule has 0 aliphatic heterocycles. The predicted octanol–water partition coefficient (Wildman–Crippen LogP) is 7.00. The lowest BCUT2D eigenvalue weighted by molar-refractivity contribution is -0.138. The van der Waals surface area contributed by atoms with Crippen LogP contribution in [0, 0.1) is 11.6 Å². The molecule has 0 aliphatic rings. The van der Waals surface area contributed by atoms with Crippen LogP contribution in [0.15, 0.2) is 65.3 Å². The highest BCUT2D eigenvalue weighted by atomic mass is 79.9. The van der Waals surface area contributed by atoms with Crippen LogP contribution in [-0.2, 0) is 11.0 Å². The lowest BCUT2D eigenvalue weighted by Gasteiger charge is -2.29. The summed E-state index contributed by atoms with van der Waals surface area (Å²) in [6.07, 6.45) is -3.91. The Bertz CT molecular complexity index is 1180. The van der Waals surface area contributed by atoms with Crippen LogP contribution in [0.3, 0.4) is 0 Å². The second kappa shape index (κ2) is 10.9. The summed E-state index contributed by atoms with van der Waals surface area (Å²) in [4.78, 5) is 16.6. The number of ether oxygens (including phenoxy) is 1. The molecule has 2 unspecified atom stereocenters. The van der Waals surface area contributed by atoms with Crippen LogP contribution in [0.2, 0.25) is 0 Å². The summed E-state index contributed by atoms with van der Waals surface area (Å²) in [5.41, 5.74) is -1.00. The molecular weight excluding hydrogens is 547 g/mol. The lowest BCUT2D eigenvalue weighted by atomic mass is 9.82. The third-order valence-corrected chi connectivity index (χ3v) is 6.22. The van der Waals surface area contributed by atoms with Gasteiger partial charge in [0.25, 0.3) is 5.91 Å². The monoisotopic (exact) mass is 570 g/mol. The molecule has 0 spiro atoms. The molecule has 3 rings (SSSR count). The molecule has 3 aromatic rings. The molecule has 1 amide bonds. The van der Waals surface area contributed by atoms with E-state index >= 15 is 0 Å². The third kappa shape index (κ3) is 7.02. The van der Waals surface area contributed by atoms with Gasteiger partial charge in [-0.25, -0.2) is 13.8 Å². The number of alkyl halides is 3. The van der Waals surface area contributed by atoms with Crippen LogP contribution >= 0.6 is 15.9 Å². The molecule has 0 saturated carbocycles. The van der Waals surface area contributed by atoms with E-state index in [0.29, 0.717) is 16.2 Å². The summed E-state index contributed by atoms with van der Waals surface area (Å²) >= 11 is 3.29. The number of benzene rings is 2. The van der Waals surface area contributed by atoms with Crippen molar-refractivity contribution in [3.63, 3.8) is 0 Å². The van der Waals surface area contributed by atoms with E-state index in [1.54, 1.807) is 18.2 Å². The number of halogens is 6. The Labute approximate surface area is 214 Å². The number of hydrogen-bond donors (Lipinski definition) is 1. The van der Waals surface area contributed by atoms with Gasteiger partial charge in [-0.05, 0) is 67.3 Å². The number of amides is 1. The van der Waals surface area contributed by atoms with E-state index in [0.717, 1.165) is 17.7 Å². The minimum Gasteiger partial charge on any atom is -0.462 e. The van der Waals surface area contributed by atoms with Gasteiger partial charge in [0.15, 0.2) is 5.60 Å². The van der Waals surface area contributed by atoms with E-state index < -0.39 is 35.0 Å². The maximum absolute atomic E-state index is 14.2. The molecular formula is C26H24BrF5N2O2. The molecule has 36 heavy (non-hydrogen) atoms. The normalized spacial score (nSPS) is 13.7. The summed E-state index contributed by atoms with van der Waals surface area (Å²) in [5, 5.41) is 2.79. The van der Waals surface area contributed by atoms with Crippen LogP contribution in [0.25, 0.3) is 0 Å². The maximum atomic E-state index is 14.2. The highest BCUT2D eigenvalue weighted by molar-refractivity contribution is 9.10. The Morgan fingerprint density at radius 3 is 2.22 bits per heavy atom. The zero-order chi connectivity index (χ0) is 26.7. The van der Waals surface area contributed by atoms with Gasteiger partial charge in [0, 0.05) is 29.2 Å². The van der Waals surface area contributed by atoms with E-state index in [1.807, 2.05) is 6.92 Å². The molecule has 1 aromatic heterocycles. The first-order valence-electron chi connectivity index (χ1n) is 11.0. The van der Waals surface area contributed by atoms with Crippen molar-refractivity contribution < 1.29 is 31.5 Å². The Kier molecular flexibility index (Phi) is 8.38. The Morgan fingerprint density at radius 2 is 1.67 bits per heavy atom. The number of carbonyl (C=O) groups excluding carboxylic acids is 1. The van der Waals surface area contributed by atoms with Crippen molar-refractivity contribution in [2.24, 2.45) is 0 Å². The minimum atomic E-state index is -4.54. The summed E-state index contributed by atoms with van der Waals surface area (Å²) < 4.78 is 72.0. The van der Waals surface area contributed by atoms with Crippen LogP contribution in [0.4, 0.5) is 22.0 Å². The van der Waals surface area contributed by atoms with Gasteiger partial charge in [0.1, 0.15) is 11.6 Å². The summed E-state index contributed by atoms with van der Waals surface area (Å²) in [6, 6.07) is 12.2. The Balaban J connectivity index is 1.78. The average molecular weight is 571 g/mol. The van der Waals surface area contributed by atoms with Crippen molar-refractivity contribution in [3.05, 3.63) is 93.6 Å². The lowest BCUT2D eigenvalue weighted by Crippen LogP contribution is -2.48. The molecule has 2 atom stereocenters. The van der Waals surface area contributed by atoms with Gasteiger partial charge >= 0.3 is 6.18 Å². The molecule has 0 bridgehead atoms. The van der Waals surface area contributed by atoms with Crippen LogP contribution in [0.5, 0.6) is 5.88 Å². The van der Waals surface area contributed by atoms with E-state index in [9.17, 15) is 26.7 Å². The molecule has 2 aromatic carbocycles. The summed E-state index contributed by atoms with van der Waals surface area (Å²) in [5.74, 6) is -2.17. The molecule has 0 fully saturated rings. The smallest absolute Gasteiger partial charge is 0.417 e. The van der Waals surface area contributed by atoms with Gasteiger partial charge in [-0.15, -0.1) is 0 Å². The second-order valence-corrected chi connectivity index (χ2v) is 9.77. The summed E-state index contributed by atoms with van der Waals surface area (Å²) in [7, 11) is 0. The largest absolute Gasteiger partial charge is 0.462 e. The molecule has 192 valence electrons. The van der Waals surface area contributed by atoms with Gasteiger partial charge in [0.05, 0.1) is 5.56 Å². The number of nitrogens with zero attached hydrogens (tertiary/aromatic N) is 1. The first-order chi connectivity index (χ1) is 16.8. The van der Waals surface area contributed by atoms with Crippen LogP contribution < -0.4 is 10.1 Å². The first-order valence-corrected chi connectivity index (χ1v) is 11.8. The quantitative estimate of drug-likeness (QED) is 0.296. The third-order valence-electron chi connectivity index (χ3n) is 5.77. The molecule has 0 saturated heterocycles. The van der Waals surface area contributed by atoms with Crippen molar-refractivity contribution in [2.75, 3.05) is 6.54 Å². The van der Waals surface area contributed by atoms with Gasteiger partial charge in [-0.1, -0.05) is 35.0 Å². The zero-order valence-electron chi connectivity index (χ0n) is 19.7. The number of carbonyl (C=O) groups is 1. The molecule has 4 nitrogen and oxygen atoms in total. The number of hydrogen-bond acceptors (Lipinski definition) is 3. The molecule has 10 heteroatoms. The topological polar surface area (TPSA) is 51.2 Å². The van der Waals surface area contributed by atoms with Crippen LogP contribution in [0.1, 0.15) is 49.3 Å². The fourth-order valence-corrected chi connectivity index (χ4v) is 4.19. The number of aromatic nitrogens is 1. The van der Waals surface area contributed by atoms with Crippen LogP contribution in [-0.4, -0.2) is 23.0 Å². The van der Waals surface area contributed by atoms with Gasteiger partial charge in [0.2, 0.25) is 5.88 Å². The number of pyridine rings is 1. The Morgan fingerprint density at radius 1 is 1.00 bits per heavy atom. The predicted molar refractivity (Wildman–Crippen MR) is 129 cm³/mol. The summed E-state index contributed by atoms with van der Waals surface area (Å²) in [6.45, 7) is 4.88. The molecule has 0 radical (unpaired) electrons.